The third-order valence-corrected chi connectivity index (χ3v) is 7.59. The Kier molecular flexibility index (Phi) is 33.5. The number of allylic oxidation sites excluding steroid dienone is 8. The van der Waals surface area contributed by atoms with Gasteiger partial charge in [-0.2, -0.15) is 0 Å². The molecule has 1 unspecified atom stereocenters. The summed E-state index contributed by atoms with van der Waals surface area (Å²) >= 11 is 0. The zero-order valence-corrected chi connectivity index (χ0v) is 29.4. The number of aliphatic hydroxyl groups excluding tert-OH is 2. The Bertz CT molecular complexity index is 841. The molecule has 46 heavy (non-hydrogen) atoms. The number of rotatable bonds is 32. The number of carbonyl (C=O) groups is 2. The second-order valence-electron chi connectivity index (χ2n) is 12.2. The number of aliphatic hydroxyl groups is 2. The number of esters is 2. The third kappa shape index (κ3) is 34.4. The molecule has 6 heteroatoms. The molecule has 0 aromatic carbocycles. The van der Waals surface area contributed by atoms with Crippen molar-refractivity contribution in [2.75, 3.05) is 13.2 Å². The number of ether oxygens (including phenoxy) is 2. The summed E-state index contributed by atoms with van der Waals surface area (Å²) in [7, 11) is 0. The fourth-order valence-corrected chi connectivity index (χ4v) is 4.79. The van der Waals surface area contributed by atoms with Gasteiger partial charge in [0.15, 0.2) is 0 Å². The van der Waals surface area contributed by atoms with Crippen molar-refractivity contribution in [1.29, 1.82) is 0 Å². The smallest absolute Gasteiger partial charge is 0.305 e. The lowest BCUT2D eigenvalue weighted by Crippen LogP contribution is -2.25. The number of unbranched alkanes of at least 4 members (excludes halogenated alkanes) is 14. The highest BCUT2D eigenvalue weighted by molar-refractivity contribution is 5.69. The average molecular weight is 645 g/mol. The SMILES string of the molecule is CC/C=C\C(O)C/C=C/C=C\C/C=C\C/C=C\CCCC(=O)OC[C@@H](O)COC(=O)CCCCCCCCCCCCCCCC. The van der Waals surface area contributed by atoms with E-state index in [-0.39, 0.29) is 31.6 Å². The van der Waals surface area contributed by atoms with Gasteiger partial charge in [-0.25, -0.2) is 0 Å². The number of carbonyl (C=O) groups excluding carboxylic acids is 2. The molecule has 0 heterocycles. The number of hydrogen-bond donors (Lipinski definition) is 2. The molecule has 264 valence electrons. The number of hydrogen-bond acceptors (Lipinski definition) is 6. The molecule has 0 spiro atoms. The molecule has 6 nitrogen and oxygen atoms in total. The van der Waals surface area contributed by atoms with Crippen molar-refractivity contribution in [3.8, 4) is 0 Å². The lowest BCUT2D eigenvalue weighted by atomic mass is 10.0. The Morgan fingerprint density at radius 3 is 1.61 bits per heavy atom. The van der Waals surface area contributed by atoms with Crippen LogP contribution >= 0.6 is 0 Å². The summed E-state index contributed by atoms with van der Waals surface area (Å²) in [5.74, 6) is -0.656. The molecular weight excluding hydrogens is 576 g/mol. The predicted molar refractivity (Wildman–Crippen MR) is 193 cm³/mol. The zero-order chi connectivity index (χ0) is 33.8. The lowest BCUT2D eigenvalue weighted by Gasteiger charge is -2.12. The van der Waals surface area contributed by atoms with Crippen LogP contribution in [0.3, 0.4) is 0 Å². The van der Waals surface area contributed by atoms with Crippen LogP contribution in [0.4, 0.5) is 0 Å². The Balaban J connectivity index is 3.60. The van der Waals surface area contributed by atoms with Gasteiger partial charge in [0, 0.05) is 12.8 Å². The molecule has 0 radical (unpaired) electrons. The van der Waals surface area contributed by atoms with Crippen molar-refractivity contribution in [3.63, 3.8) is 0 Å². The monoisotopic (exact) mass is 645 g/mol. The van der Waals surface area contributed by atoms with Crippen LogP contribution in [0.5, 0.6) is 0 Å². The van der Waals surface area contributed by atoms with Crippen LogP contribution in [0.2, 0.25) is 0 Å². The minimum atomic E-state index is -0.998. The molecule has 0 aliphatic heterocycles. The summed E-state index contributed by atoms with van der Waals surface area (Å²) in [6.07, 6.45) is 41.9. The van der Waals surface area contributed by atoms with Crippen molar-refractivity contribution in [2.24, 2.45) is 0 Å². The minimum absolute atomic E-state index is 0.144. The topological polar surface area (TPSA) is 93.1 Å². The maximum atomic E-state index is 11.9. The first-order chi connectivity index (χ1) is 22.5. The van der Waals surface area contributed by atoms with Gasteiger partial charge in [0.05, 0.1) is 6.10 Å². The van der Waals surface area contributed by atoms with Gasteiger partial charge in [-0.1, -0.05) is 158 Å². The highest BCUT2D eigenvalue weighted by Gasteiger charge is 2.12. The Hall–Kier alpha value is -2.44. The van der Waals surface area contributed by atoms with Crippen molar-refractivity contribution >= 4 is 11.9 Å². The van der Waals surface area contributed by atoms with E-state index < -0.39 is 12.2 Å². The van der Waals surface area contributed by atoms with Crippen LogP contribution in [0, 0.1) is 0 Å². The highest BCUT2D eigenvalue weighted by atomic mass is 16.6. The summed E-state index contributed by atoms with van der Waals surface area (Å²) in [4.78, 5) is 23.8. The summed E-state index contributed by atoms with van der Waals surface area (Å²) in [5.41, 5.74) is 0. The fourth-order valence-electron chi connectivity index (χ4n) is 4.79. The third-order valence-electron chi connectivity index (χ3n) is 7.59. The summed E-state index contributed by atoms with van der Waals surface area (Å²) in [5, 5.41) is 19.7. The molecule has 2 N–H and O–H groups in total. The van der Waals surface area contributed by atoms with Crippen LogP contribution in [0.1, 0.15) is 155 Å². The summed E-state index contributed by atoms with van der Waals surface area (Å²) < 4.78 is 10.3. The molecule has 0 bridgehead atoms. The van der Waals surface area contributed by atoms with Crippen LogP contribution in [-0.4, -0.2) is 47.6 Å². The van der Waals surface area contributed by atoms with Crippen molar-refractivity contribution < 1.29 is 29.3 Å². The second kappa shape index (κ2) is 35.4. The van der Waals surface area contributed by atoms with Gasteiger partial charge in [-0.3, -0.25) is 9.59 Å². The van der Waals surface area contributed by atoms with Gasteiger partial charge >= 0.3 is 11.9 Å². The quantitative estimate of drug-likeness (QED) is 0.0328. The van der Waals surface area contributed by atoms with E-state index >= 15 is 0 Å². The maximum Gasteiger partial charge on any atom is 0.305 e. The van der Waals surface area contributed by atoms with Gasteiger partial charge in [0.25, 0.3) is 0 Å². The zero-order valence-electron chi connectivity index (χ0n) is 29.4. The summed E-state index contributed by atoms with van der Waals surface area (Å²) in [6.45, 7) is 4.00. The summed E-state index contributed by atoms with van der Waals surface area (Å²) in [6, 6.07) is 0. The van der Waals surface area contributed by atoms with Crippen LogP contribution in [0.25, 0.3) is 0 Å². The van der Waals surface area contributed by atoms with E-state index in [2.05, 4.69) is 37.3 Å². The standard InChI is InChI=1S/C40H68O6/c1-3-5-7-8-9-10-11-12-13-17-20-23-26-29-33-39(43)45-35-38(42)36-46-40(44)34-30-27-24-21-18-15-14-16-19-22-25-28-32-37(41)31-6-4-2/h6,14-15,19,21-22,24-25,28,31,37-38,41-42H,3-5,7-13,16-18,20,23,26-27,29-30,32-36H2,1-2H3/b15-14-,22-19-,24-21-,28-25+,31-6-/t37?,38-/m0/s1. The molecule has 2 atom stereocenters. The molecule has 0 aliphatic rings. The molecule has 0 aromatic heterocycles. The van der Waals surface area contributed by atoms with Crippen LogP contribution < -0.4 is 0 Å². The highest BCUT2D eigenvalue weighted by Crippen LogP contribution is 2.13. The Morgan fingerprint density at radius 1 is 0.565 bits per heavy atom. The van der Waals surface area contributed by atoms with Crippen molar-refractivity contribution in [2.45, 2.75) is 167 Å². The van der Waals surface area contributed by atoms with Gasteiger partial charge in [0.2, 0.25) is 0 Å². The minimum Gasteiger partial charge on any atom is -0.463 e. The first-order valence-electron chi connectivity index (χ1n) is 18.4. The second-order valence-corrected chi connectivity index (χ2v) is 12.2. The maximum absolute atomic E-state index is 11.9. The van der Waals surface area contributed by atoms with Gasteiger partial charge in [-0.05, 0) is 44.9 Å². The molecule has 0 amide bonds. The molecule has 0 rings (SSSR count). The van der Waals surface area contributed by atoms with E-state index in [1.54, 1.807) is 0 Å². The Labute approximate surface area is 282 Å². The van der Waals surface area contributed by atoms with E-state index in [4.69, 9.17) is 9.47 Å². The molecule has 0 aromatic rings. The predicted octanol–water partition coefficient (Wildman–Crippen LogP) is 10.2. The van der Waals surface area contributed by atoms with E-state index in [0.29, 0.717) is 19.3 Å². The van der Waals surface area contributed by atoms with Gasteiger partial charge in [-0.15, -0.1) is 0 Å². The van der Waals surface area contributed by atoms with E-state index in [1.165, 1.54) is 70.6 Å². The van der Waals surface area contributed by atoms with Gasteiger partial charge in [0.1, 0.15) is 19.3 Å². The van der Waals surface area contributed by atoms with E-state index in [0.717, 1.165) is 44.9 Å². The van der Waals surface area contributed by atoms with Crippen LogP contribution in [-0.2, 0) is 19.1 Å². The van der Waals surface area contributed by atoms with E-state index in [9.17, 15) is 19.8 Å². The Morgan fingerprint density at radius 2 is 1.04 bits per heavy atom. The molecule has 0 aliphatic carbocycles. The van der Waals surface area contributed by atoms with Crippen molar-refractivity contribution in [3.05, 3.63) is 60.8 Å². The normalized spacial score (nSPS) is 13.6. The first kappa shape index (κ1) is 43.6. The molecule has 0 fully saturated rings. The van der Waals surface area contributed by atoms with Crippen LogP contribution in [0.15, 0.2) is 60.8 Å². The average Bonchev–Trinajstić information content (AvgIpc) is 3.05. The van der Waals surface area contributed by atoms with E-state index in [1.807, 2.05) is 37.3 Å². The molecular formula is C40H68O6. The lowest BCUT2D eigenvalue weighted by molar-refractivity contribution is -0.152. The fraction of sp³-hybridized carbons (Fsp3) is 0.700. The largest absolute Gasteiger partial charge is 0.463 e. The molecule has 0 saturated carbocycles. The molecule has 0 saturated heterocycles. The van der Waals surface area contributed by atoms with Gasteiger partial charge < -0.3 is 19.7 Å². The first-order valence-corrected chi connectivity index (χ1v) is 18.4. The van der Waals surface area contributed by atoms with Crippen molar-refractivity contribution in [1.82, 2.24) is 0 Å².